The van der Waals surface area contributed by atoms with Gasteiger partial charge >= 0.3 is 0 Å². The van der Waals surface area contributed by atoms with Crippen LogP contribution in [0.15, 0.2) is 18.5 Å². The molecule has 1 aliphatic heterocycles. The summed E-state index contributed by atoms with van der Waals surface area (Å²) in [7, 11) is -2.84. The van der Waals surface area contributed by atoms with Gasteiger partial charge in [-0.3, -0.25) is 4.98 Å². The normalized spacial score (nSPS) is 23.4. The lowest BCUT2D eigenvalue weighted by Gasteiger charge is -2.24. The lowest BCUT2D eigenvalue weighted by molar-refractivity contribution is 0.392. The van der Waals surface area contributed by atoms with Crippen molar-refractivity contribution in [2.75, 3.05) is 18.1 Å². The van der Waals surface area contributed by atoms with Gasteiger partial charge in [-0.1, -0.05) is 13.0 Å². The van der Waals surface area contributed by atoms with Crippen molar-refractivity contribution in [3.8, 4) is 0 Å². The number of nitrogens with zero attached hydrogens (tertiary/aromatic N) is 1. The highest BCUT2D eigenvalue weighted by molar-refractivity contribution is 7.91. The van der Waals surface area contributed by atoms with E-state index in [0.29, 0.717) is 11.5 Å². The van der Waals surface area contributed by atoms with Crippen molar-refractivity contribution in [3.05, 3.63) is 29.6 Å². The first kappa shape index (κ1) is 14.5. The van der Waals surface area contributed by atoms with E-state index >= 15 is 0 Å². The molecule has 1 fully saturated rings. The van der Waals surface area contributed by atoms with Gasteiger partial charge in [-0.15, -0.1) is 0 Å². The molecule has 1 N–H and O–H groups in total. The van der Waals surface area contributed by atoms with Gasteiger partial charge in [0.15, 0.2) is 9.84 Å². The zero-order chi connectivity index (χ0) is 13.9. The fraction of sp³-hybridized carbons (Fsp3) is 0.643. The smallest absolute Gasteiger partial charge is 0.150 e. The number of nitrogens with one attached hydrogen (secondary N) is 1. The van der Waals surface area contributed by atoms with Crippen LogP contribution in [0.25, 0.3) is 0 Å². The van der Waals surface area contributed by atoms with Crippen LogP contribution in [-0.4, -0.2) is 31.5 Å². The van der Waals surface area contributed by atoms with Crippen LogP contribution in [0.3, 0.4) is 0 Å². The molecule has 2 rings (SSSR count). The number of aromatic nitrogens is 1. The summed E-state index contributed by atoms with van der Waals surface area (Å²) in [5.41, 5.74) is 2.22. The Morgan fingerprint density at radius 1 is 1.47 bits per heavy atom. The Kier molecular flexibility index (Phi) is 4.58. The van der Waals surface area contributed by atoms with Crippen LogP contribution < -0.4 is 5.32 Å². The summed E-state index contributed by atoms with van der Waals surface area (Å²) in [6.07, 6.45) is 5.46. The van der Waals surface area contributed by atoms with Crippen molar-refractivity contribution < 1.29 is 8.42 Å². The van der Waals surface area contributed by atoms with Gasteiger partial charge in [0.25, 0.3) is 0 Å². The van der Waals surface area contributed by atoms with E-state index in [9.17, 15) is 8.42 Å². The van der Waals surface area contributed by atoms with Crippen LogP contribution in [0.5, 0.6) is 0 Å². The van der Waals surface area contributed by atoms with E-state index in [4.69, 9.17) is 0 Å². The van der Waals surface area contributed by atoms with Gasteiger partial charge in [0, 0.05) is 18.4 Å². The van der Waals surface area contributed by atoms with Gasteiger partial charge in [-0.2, -0.15) is 0 Å². The molecule has 0 amide bonds. The molecule has 0 radical (unpaired) electrons. The lowest BCUT2D eigenvalue weighted by atomic mass is 9.93. The zero-order valence-electron chi connectivity index (χ0n) is 11.6. The van der Waals surface area contributed by atoms with Gasteiger partial charge < -0.3 is 5.32 Å². The number of sulfone groups is 1. The van der Waals surface area contributed by atoms with E-state index < -0.39 is 9.84 Å². The Morgan fingerprint density at radius 2 is 2.26 bits per heavy atom. The van der Waals surface area contributed by atoms with Gasteiger partial charge in [0.1, 0.15) is 0 Å². The second-order valence-corrected chi connectivity index (χ2v) is 7.62. The first-order chi connectivity index (χ1) is 9.02. The Bertz CT molecular complexity index is 528. The summed E-state index contributed by atoms with van der Waals surface area (Å²) in [5.74, 6) is 0.781. The largest absolute Gasteiger partial charge is 0.310 e. The molecule has 0 aliphatic carbocycles. The van der Waals surface area contributed by atoms with Crippen molar-refractivity contribution in [3.63, 3.8) is 0 Å². The molecule has 106 valence electrons. The number of rotatable bonds is 5. The van der Waals surface area contributed by atoms with Crippen LogP contribution in [-0.2, 0) is 9.84 Å². The zero-order valence-corrected chi connectivity index (χ0v) is 12.4. The number of hydrogen-bond donors (Lipinski definition) is 1. The van der Waals surface area contributed by atoms with Crippen LogP contribution in [0, 0.1) is 12.8 Å². The monoisotopic (exact) mass is 282 g/mol. The molecular formula is C14H22N2O2S. The number of pyridine rings is 1. The lowest BCUT2D eigenvalue weighted by Crippen LogP contribution is -2.30. The summed E-state index contributed by atoms with van der Waals surface area (Å²) in [6.45, 7) is 5.03. The maximum atomic E-state index is 11.7. The third-order valence-corrected chi connectivity index (χ3v) is 5.40. The third-order valence-electron chi connectivity index (χ3n) is 3.61. The van der Waals surface area contributed by atoms with Crippen molar-refractivity contribution in [2.45, 2.75) is 32.7 Å². The van der Waals surface area contributed by atoms with E-state index in [1.165, 1.54) is 0 Å². The molecule has 0 saturated carbocycles. The van der Waals surface area contributed by atoms with E-state index in [2.05, 4.69) is 23.3 Å². The van der Waals surface area contributed by atoms with Gasteiger partial charge in [-0.25, -0.2) is 8.42 Å². The Labute approximate surface area is 115 Å². The maximum absolute atomic E-state index is 11.7. The van der Waals surface area contributed by atoms with E-state index in [0.717, 1.165) is 30.5 Å². The summed E-state index contributed by atoms with van der Waals surface area (Å²) in [4.78, 5) is 4.23. The minimum atomic E-state index is -2.84. The molecule has 2 unspecified atom stereocenters. The minimum absolute atomic E-state index is 0.102. The maximum Gasteiger partial charge on any atom is 0.150 e. The van der Waals surface area contributed by atoms with Crippen molar-refractivity contribution >= 4 is 9.84 Å². The van der Waals surface area contributed by atoms with Crippen LogP contribution in [0.4, 0.5) is 0 Å². The summed E-state index contributed by atoms with van der Waals surface area (Å²) in [6, 6.07) is 2.20. The summed E-state index contributed by atoms with van der Waals surface area (Å²) in [5, 5.41) is 3.49. The standard InChI is InChI=1S/C14H22N2O2S/c1-3-5-16-14(12-4-6-19(17,18)10-12)13-7-11(2)8-15-9-13/h7-9,12,14,16H,3-6,10H2,1-2H3. The molecule has 0 aromatic carbocycles. The molecule has 0 spiro atoms. The van der Waals surface area contributed by atoms with Crippen LogP contribution >= 0.6 is 0 Å². The number of hydrogen-bond acceptors (Lipinski definition) is 4. The first-order valence-electron chi connectivity index (χ1n) is 6.87. The quantitative estimate of drug-likeness (QED) is 0.895. The molecule has 5 heteroatoms. The van der Waals surface area contributed by atoms with E-state index in [1.807, 2.05) is 19.3 Å². The topological polar surface area (TPSA) is 59.1 Å². The van der Waals surface area contributed by atoms with Gasteiger partial charge in [0.05, 0.1) is 11.5 Å². The van der Waals surface area contributed by atoms with Crippen molar-refractivity contribution in [2.24, 2.45) is 5.92 Å². The van der Waals surface area contributed by atoms with E-state index in [1.54, 1.807) is 0 Å². The molecule has 19 heavy (non-hydrogen) atoms. The van der Waals surface area contributed by atoms with Gasteiger partial charge in [-0.05, 0) is 43.4 Å². The number of aryl methyl sites for hydroxylation is 1. The molecular weight excluding hydrogens is 260 g/mol. The highest BCUT2D eigenvalue weighted by Gasteiger charge is 2.34. The molecule has 2 atom stereocenters. The molecule has 1 saturated heterocycles. The SMILES string of the molecule is CCCNC(c1cncc(C)c1)C1CCS(=O)(=O)C1. The van der Waals surface area contributed by atoms with Crippen molar-refractivity contribution in [1.82, 2.24) is 10.3 Å². The predicted octanol–water partition coefficient (Wildman–Crippen LogP) is 1.87. The molecule has 4 nitrogen and oxygen atoms in total. The predicted molar refractivity (Wildman–Crippen MR) is 76.8 cm³/mol. The average Bonchev–Trinajstić information content (AvgIpc) is 2.70. The van der Waals surface area contributed by atoms with Gasteiger partial charge in [0.2, 0.25) is 0 Å². The summed E-state index contributed by atoms with van der Waals surface area (Å²) >= 11 is 0. The van der Waals surface area contributed by atoms with Crippen molar-refractivity contribution in [1.29, 1.82) is 0 Å². The molecule has 1 aromatic heterocycles. The molecule has 2 heterocycles. The molecule has 1 aliphatic rings. The average molecular weight is 282 g/mol. The second kappa shape index (κ2) is 6.01. The van der Waals surface area contributed by atoms with Crippen LogP contribution in [0.1, 0.15) is 36.9 Å². The molecule has 1 aromatic rings. The fourth-order valence-corrected chi connectivity index (χ4v) is 4.53. The highest BCUT2D eigenvalue weighted by Crippen LogP contribution is 2.31. The minimum Gasteiger partial charge on any atom is -0.310 e. The Morgan fingerprint density at radius 3 is 2.84 bits per heavy atom. The molecule has 0 bridgehead atoms. The third kappa shape index (κ3) is 3.76. The van der Waals surface area contributed by atoms with E-state index in [-0.39, 0.29) is 12.0 Å². The Balaban J connectivity index is 2.21. The Hall–Kier alpha value is -0.940. The fourth-order valence-electron chi connectivity index (χ4n) is 2.69. The highest BCUT2D eigenvalue weighted by atomic mass is 32.2. The first-order valence-corrected chi connectivity index (χ1v) is 8.69. The second-order valence-electron chi connectivity index (χ2n) is 5.39. The summed E-state index contributed by atoms with van der Waals surface area (Å²) < 4.78 is 23.3. The van der Waals surface area contributed by atoms with Crippen LogP contribution in [0.2, 0.25) is 0 Å².